The van der Waals surface area contributed by atoms with Crippen molar-refractivity contribution >= 4 is 0 Å². The van der Waals surface area contributed by atoms with Crippen molar-refractivity contribution in [3.63, 3.8) is 0 Å². The van der Waals surface area contributed by atoms with Gasteiger partial charge in [-0.05, 0) is 11.8 Å². The second kappa shape index (κ2) is 5.23. The average molecular weight is 213 g/mol. The van der Waals surface area contributed by atoms with Crippen LogP contribution in [0.3, 0.4) is 0 Å². The number of hydrogen-bond donors (Lipinski definition) is 1. The minimum Gasteiger partial charge on any atom is -0.388 e. The highest BCUT2D eigenvalue weighted by Crippen LogP contribution is 2.23. The maximum Gasteiger partial charge on any atom is 0.158 e. The summed E-state index contributed by atoms with van der Waals surface area (Å²) in [6.07, 6.45) is 2.62. The number of aliphatic hydroxyl groups is 1. The van der Waals surface area contributed by atoms with Gasteiger partial charge in [-0.3, -0.25) is 0 Å². The fraction of sp³-hybridized carbons (Fsp3) is 0.800. The third kappa shape index (κ3) is 3.60. The predicted octanol–water partition coefficient (Wildman–Crippen LogP) is 0.833. The summed E-state index contributed by atoms with van der Waals surface area (Å²) in [5.74, 6) is 0.612. The Balaban J connectivity index is 2.59. The van der Waals surface area contributed by atoms with Gasteiger partial charge in [-0.1, -0.05) is 13.8 Å². The molecule has 0 aliphatic carbocycles. The minimum absolute atomic E-state index is 0.0691. The van der Waals surface area contributed by atoms with Crippen LogP contribution >= 0.6 is 0 Å². The second-order valence-corrected chi connectivity index (χ2v) is 4.44. The molecular formula is C10H19N3O2. The number of ether oxygens (including phenoxy) is 1. The van der Waals surface area contributed by atoms with Crippen LogP contribution in [0.15, 0.2) is 6.33 Å². The quantitative estimate of drug-likeness (QED) is 0.760. The van der Waals surface area contributed by atoms with Gasteiger partial charge in [0.05, 0.1) is 0 Å². The summed E-state index contributed by atoms with van der Waals surface area (Å²) in [4.78, 5) is 0. The molecule has 0 spiro atoms. The lowest BCUT2D eigenvalue weighted by atomic mass is 9.89. The summed E-state index contributed by atoms with van der Waals surface area (Å²) in [5.41, 5.74) is 0.113. The molecule has 0 fully saturated rings. The number of rotatable bonds is 6. The average Bonchev–Trinajstić information content (AvgIpc) is 2.61. The van der Waals surface area contributed by atoms with E-state index in [2.05, 4.69) is 24.0 Å². The van der Waals surface area contributed by atoms with Crippen LogP contribution in [0.5, 0.6) is 0 Å². The van der Waals surface area contributed by atoms with Crippen molar-refractivity contribution in [2.24, 2.45) is 5.41 Å². The zero-order chi connectivity index (χ0) is 11.3. The van der Waals surface area contributed by atoms with E-state index >= 15 is 0 Å². The number of hydrogen-bond acceptors (Lipinski definition) is 4. The zero-order valence-corrected chi connectivity index (χ0v) is 9.60. The van der Waals surface area contributed by atoms with E-state index in [1.807, 2.05) is 4.57 Å². The lowest BCUT2D eigenvalue weighted by molar-refractivity contribution is 0.140. The van der Waals surface area contributed by atoms with Gasteiger partial charge in [0, 0.05) is 20.3 Å². The van der Waals surface area contributed by atoms with Crippen molar-refractivity contribution in [3.05, 3.63) is 12.2 Å². The van der Waals surface area contributed by atoms with Crippen LogP contribution in [0.25, 0.3) is 0 Å². The van der Waals surface area contributed by atoms with Gasteiger partial charge >= 0.3 is 0 Å². The molecule has 0 aliphatic heterocycles. The van der Waals surface area contributed by atoms with Gasteiger partial charge in [-0.15, -0.1) is 10.2 Å². The van der Waals surface area contributed by atoms with E-state index in [9.17, 15) is 0 Å². The number of nitrogens with zero attached hydrogens (tertiary/aromatic N) is 3. The smallest absolute Gasteiger partial charge is 0.158 e. The summed E-state index contributed by atoms with van der Waals surface area (Å²) in [6.45, 7) is 5.78. The van der Waals surface area contributed by atoms with E-state index in [-0.39, 0.29) is 12.0 Å². The van der Waals surface area contributed by atoms with Crippen LogP contribution in [0.1, 0.15) is 26.1 Å². The van der Waals surface area contributed by atoms with Gasteiger partial charge in [-0.25, -0.2) is 0 Å². The van der Waals surface area contributed by atoms with E-state index in [1.54, 1.807) is 13.4 Å². The van der Waals surface area contributed by atoms with Crippen LogP contribution < -0.4 is 0 Å². The van der Waals surface area contributed by atoms with Gasteiger partial charge in [0.25, 0.3) is 0 Å². The molecule has 1 aromatic heterocycles. The highest BCUT2D eigenvalue weighted by Gasteiger charge is 2.19. The maximum absolute atomic E-state index is 9.03. The number of aromatic nitrogens is 3. The van der Waals surface area contributed by atoms with Crippen molar-refractivity contribution in [1.29, 1.82) is 0 Å². The fourth-order valence-corrected chi connectivity index (χ4v) is 1.45. The molecule has 0 amide bonds. The SMILES string of the molecule is COCCC(C)(C)Cn1cnnc1CO. The summed E-state index contributed by atoms with van der Waals surface area (Å²) in [7, 11) is 1.70. The molecule has 0 radical (unpaired) electrons. The van der Waals surface area contributed by atoms with Crippen molar-refractivity contribution < 1.29 is 9.84 Å². The highest BCUT2D eigenvalue weighted by atomic mass is 16.5. The first-order valence-electron chi connectivity index (χ1n) is 5.05. The van der Waals surface area contributed by atoms with Gasteiger partial charge in [0.15, 0.2) is 5.82 Å². The molecule has 0 aliphatic rings. The third-order valence-corrected chi connectivity index (χ3v) is 2.42. The monoisotopic (exact) mass is 213 g/mol. The first kappa shape index (κ1) is 12.1. The number of methoxy groups -OCH3 is 1. The van der Waals surface area contributed by atoms with Crippen LogP contribution in [-0.2, 0) is 17.9 Å². The summed E-state index contributed by atoms with van der Waals surface area (Å²) < 4.78 is 6.95. The normalized spacial score (nSPS) is 12.0. The Morgan fingerprint density at radius 3 is 2.87 bits per heavy atom. The van der Waals surface area contributed by atoms with Gasteiger partial charge < -0.3 is 14.4 Å². The summed E-state index contributed by atoms with van der Waals surface area (Å²) in [6, 6.07) is 0. The zero-order valence-electron chi connectivity index (χ0n) is 9.60. The van der Waals surface area contributed by atoms with Crippen LogP contribution in [0.4, 0.5) is 0 Å². The Morgan fingerprint density at radius 1 is 1.53 bits per heavy atom. The Labute approximate surface area is 90.1 Å². The molecule has 15 heavy (non-hydrogen) atoms. The molecular weight excluding hydrogens is 194 g/mol. The molecule has 0 unspecified atom stereocenters. The van der Waals surface area contributed by atoms with Gasteiger partial charge in [-0.2, -0.15) is 0 Å². The molecule has 5 heteroatoms. The molecule has 0 saturated carbocycles. The van der Waals surface area contributed by atoms with Crippen molar-refractivity contribution in [1.82, 2.24) is 14.8 Å². The molecule has 1 N–H and O–H groups in total. The molecule has 86 valence electrons. The first-order valence-corrected chi connectivity index (χ1v) is 5.05. The van der Waals surface area contributed by atoms with Gasteiger partial charge in [0.1, 0.15) is 12.9 Å². The molecule has 0 aromatic carbocycles. The van der Waals surface area contributed by atoms with E-state index in [0.717, 1.165) is 19.6 Å². The minimum atomic E-state index is -0.0691. The standard InChI is InChI=1S/C10H19N3O2/c1-10(2,4-5-15-3)7-13-8-11-12-9(13)6-14/h8,14H,4-7H2,1-3H3. The summed E-state index contributed by atoms with van der Waals surface area (Å²) in [5, 5.41) is 16.6. The molecule has 1 aromatic rings. The molecule has 0 saturated heterocycles. The van der Waals surface area contributed by atoms with Crippen LogP contribution in [-0.4, -0.2) is 33.6 Å². The van der Waals surface area contributed by atoms with E-state index in [4.69, 9.17) is 9.84 Å². The lowest BCUT2D eigenvalue weighted by Gasteiger charge is -2.25. The molecule has 1 heterocycles. The van der Waals surface area contributed by atoms with E-state index in [0.29, 0.717) is 5.82 Å². The predicted molar refractivity (Wildman–Crippen MR) is 56.2 cm³/mol. The second-order valence-electron chi connectivity index (χ2n) is 4.44. The largest absolute Gasteiger partial charge is 0.388 e. The first-order chi connectivity index (χ1) is 7.09. The van der Waals surface area contributed by atoms with Crippen LogP contribution in [0, 0.1) is 5.41 Å². The van der Waals surface area contributed by atoms with Crippen molar-refractivity contribution in [3.8, 4) is 0 Å². The van der Waals surface area contributed by atoms with Crippen molar-refractivity contribution in [2.45, 2.75) is 33.4 Å². The number of aliphatic hydroxyl groups excluding tert-OH is 1. The Hall–Kier alpha value is -0.940. The molecule has 0 atom stereocenters. The molecule has 1 rings (SSSR count). The van der Waals surface area contributed by atoms with Crippen LogP contribution in [0.2, 0.25) is 0 Å². The Morgan fingerprint density at radius 2 is 2.27 bits per heavy atom. The Kier molecular flexibility index (Phi) is 4.23. The van der Waals surface area contributed by atoms with E-state index < -0.39 is 0 Å². The van der Waals surface area contributed by atoms with Gasteiger partial charge in [0.2, 0.25) is 0 Å². The summed E-state index contributed by atoms with van der Waals surface area (Å²) >= 11 is 0. The lowest BCUT2D eigenvalue weighted by Crippen LogP contribution is -2.22. The highest BCUT2D eigenvalue weighted by molar-refractivity contribution is 4.85. The topological polar surface area (TPSA) is 60.2 Å². The van der Waals surface area contributed by atoms with E-state index in [1.165, 1.54) is 0 Å². The van der Waals surface area contributed by atoms with Crippen molar-refractivity contribution in [2.75, 3.05) is 13.7 Å². The molecule has 0 bridgehead atoms. The molecule has 5 nitrogen and oxygen atoms in total. The maximum atomic E-state index is 9.03. The fourth-order valence-electron chi connectivity index (χ4n) is 1.45. The third-order valence-electron chi connectivity index (χ3n) is 2.42. The Bertz CT molecular complexity index is 297.